The summed E-state index contributed by atoms with van der Waals surface area (Å²) in [6.45, 7) is 10.6. The molecule has 2 N–H and O–H groups in total. The van der Waals surface area contributed by atoms with Gasteiger partial charge in [0.2, 0.25) is 5.91 Å². The van der Waals surface area contributed by atoms with Gasteiger partial charge in [0.25, 0.3) is 0 Å². The zero-order valence-corrected chi connectivity index (χ0v) is 24.4. The van der Waals surface area contributed by atoms with Gasteiger partial charge in [0, 0.05) is 31.6 Å². The van der Waals surface area contributed by atoms with E-state index in [1.807, 2.05) is 0 Å². The van der Waals surface area contributed by atoms with Crippen LogP contribution < -0.4 is 5.48 Å². The van der Waals surface area contributed by atoms with E-state index in [1.165, 1.54) is 31.3 Å². The lowest BCUT2D eigenvalue weighted by atomic mass is 9.47. The third kappa shape index (κ3) is 4.50. The Morgan fingerprint density at radius 3 is 2.67 bits per heavy atom. The summed E-state index contributed by atoms with van der Waals surface area (Å²) < 4.78 is 19.2. The molecule has 1 spiro atoms. The van der Waals surface area contributed by atoms with Crippen LogP contribution in [0.4, 0.5) is 0 Å². The smallest absolute Gasteiger partial charge is 0.306 e. The number of hydrogen-bond donors (Lipinski definition) is 2. The predicted molar refractivity (Wildman–Crippen MR) is 145 cm³/mol. The Morgan fingerprint density at radius 1 is 1.10 bits per heavy atom. The van der Waals surface area contributed by atoms with Gasteiger partial charge in [0.15, 0.2) is 5.79 Å². The van der Waals surface area contributed by atoms with E-state index in [2.05, 4.69) is 33.8 Å². The average molecular weight is 544 g/mol. The minimum absolute atomic E-state index is 0.0663. The average Bonchev–Trinajstić information content (AvgIpc) is 3.35. The van der Waals surface area contributed by atoms with Crippen LogP contribution in [0.25, 0.3) is 0 Å². The highest BCUT2D eigenvalue weighted by Gasteiger charge is 2.68. The third-order valence-corrected chi connectivity index (χ3v) is 12.5. The number of hydrogen-bond acceptors (Lipinski definition) is 6. The molecule has 0 radical (unpaired) electrons. The molecule has 0 aromatic rings. The first kappa shape index (κ1) is 27.7. The lowest BCUT2D eigenvalue weighted by Crippen LogP contribution is -2.52. The number of nitrogens with one attached hydrogen (secondary N) is 1. The Kier molecular flexibility index (Phi) is 7.20. The minimum Gasteiger partial charge on any atom is -0.462 e. The highest BCUT2D eigenvalue weighted by molar-refractivity contribution is 5.75. The molecule has 2 saturated heterocycles. The van der Waals surface area contributed by atoms with Crippen LogP contribution in [0.3, 0.4) is 0 Å². The molecule has 7 nitrogen and oxygen atoms in total. The maximum absolute atomic E-state index is 12.4. The van der Waals surface area contributed by atoms with Crippen molar-refractivity contribution in [3.8, 4) is 0 Å². The van der Waals surface area contributed by atoms with Gasteiger partial charge in [-0.15, -0.1) is 0 Å². The monoisotopic (exact) mass is 543 g/mol. The van der Waals surface area contributed by atoms with Gasteiger partial charge in [-0.3, -0.25) is 14.8 Å². The quantitative estimate of drug-likeness (QED) is 0.193. The van der Waals surface area contributed by atoms with Gasteiger partial charge in [0.05, 0.1) is 12.7 Å². The molecule has 218 valence electrons. The van der Waals surface area contributed by atoms with Crippen LogP contribution >= 0.6 is 0 Å². The highest BCUT2D eigenvalue weighted by atomic mass is 16.7. The Labute approximate surface area is 233 Å². The molecule has 0 bridgehead atoms. The van der Waals surface area contributed by atoms with Gasteiger partial charge in [-0.05, 0) is 91.8 Å². The molecule has 7 heteroatoms. The number of ether oxygens (including phenoxy) is 3. The maximum Gasteiger partial charge on any atom is 0.306 e. The van der Waals surface area contributed by atoms with Crippen LogP contribution in [0.2, 0.25) is 0 Å². The molecule has 0 unspecified atom stereocenters. The lowest BCUT2D eigenvalue weighted by Gasteiger charge is -2.58. The van der Waals surface area contributed by atoms with Crippen LogP contribution in [0.15, 0.2) is 11.6 Å². The minimum atomic E-state index is -0.468. The highest BCUT2D eigenvalue weighted by Crippen LogP contribution is 2.70. The Balaban J connectivity index is 1.11. The largest absolute Gasteiger partial charge is 0.462 e. The van der Waals surface area contributed by atoms with Gasteiger partial charge in [-0.1, -0.05) is 39.3 Å². The topological polar surface area (TPSA) is 94.1 Å². The van der Waals surface area contributed by atoms with Crippen molar-refractivity contribution in [1.82, 2.24) is 5.48 Å². The molecule has 4 aliphatic carbocycles. The first-order valence-electron chi connectivity index (χ1n) is 15.7. The third-order valence-electron chi connectivity index (χ3n) is 12.5. The van der Waals surface area contributed by atoms with Crippen LogP contribution in [-0.2, 0) is 23.8 Å². The van der Waals surface area contributed by atoms with Gasteiger partial charge in [-0.25, -0.2) is 5.48 Å². The second kappa shape index (κ2) is 10.1. The summed E-state index contributed by atoms with van der Waals surface area (Å²) in [5.41, 5.74) is 3.63. The van der Waals surface area contributed by atoms with E-state index in [0.29, 0.717) is 53.4 Å². The van der Waals surface area contributed by atoms with Crippen molar-refractivity contribution in [2.24, 2.45) is 46.3 Å². The molecule has 2 heterocycles. The summed E-state index contributed by atoms with van der Waals surface area (Å²) >= 11 is 0. The van der Waals surface area contributed by atoms with E-state index in [-0.39, 0.29) is 36.1 Å². The van der Waals surface area contributed by atoms with E-state index < -0.39 is 5.91 Å². The molecular formula is C32H49NO6. The van der Waals surface area contributed by atoms with E-state index in [9.17, 15) is 9.59 Å². The number of esters is 1. The normalized spacial score (nSPS) is 48.4. The van der Waals surface area contributed by atoms with E-state index >= 15 is 0 Å². The summed E-state index contributed by atoms with van der Waals surface area (Å²) in [5.74, 6) is 2.73. The summed E-state index contributed by atoms with van der Waals surface area (Å²) in [6, 6.07) is 0. The van der Waals surface area contributed by atoms with Crippen molar-refractivity contribution in [2.45, 2.75) is 123 Å². The summed E-state index contributed by atoms with van der Waals surface area (Å²) in [5, 5.41) is 8.62. The van der Waals surface area contributed by atoms with Crippen molar-refractivity contribution in [3.05, 3.63) is 11.6 Å². The number of amides is 1. The van der Waals surface area contributed by atoms with E-state index in [0.717, 1.165) is 38.7 Å². The fourth-order valence-corrected chi connectivity index (χ4v) is 10.4. The molecular weight excluding hydrogens is 494 g/mol. The number of allylic oxidation sites excluding steroid dienone is 1. The molecule has 0 aromatic carbocycles. The van der Waals surface area contributed by atoms with Crippen molar-refractivity contribution in [2.75, 3.05) is 6.61 Å². The zero-order valence-electron chi connectivity index (χ0n) is 24.4. The maximum atomic E-state index is 12.4. The fraction of sp³-hybridized carbons (Fsp3) is 0.875. The Morgan fingerprint density at radius 2 is 1.92 bits per heavy atom. The number of carbonyl (C=O) groups excluding carboxylic acids is 2. The second-order valence-electron chi connectivity index (χ2n) is 14.5. The number of hydroxylamine groups is 1. The van der Waals surface area contributed by atoms with E-state index in [1.54, 1.807) is 5.48 Å². The fourth-order valence-electron chi connectivity index (χ4n) is 10.4. The lowest BCUT2D eigenvalue weighted by molar-refractivity contribution is -0.272. The number of fused-ring (bicyclic) bond motifs is 7. The predicted octanol–water partition coefficient (Wildman–Crippen LogP) is 5.94. The molecule has 11 atom stereocenters. The second-order valence-corrected chi connectivity index (χ2v) is 14.5. The van der Waals surface area contributed by atoms with Crippen molar-refractivity contribution in [3.63, 3.8) is 0 Å². The molecule has 1 amide bonds. The molecule has 6 aliphatic rings. The SMILES string of the molecule is C[C@@H]1CC[C@@]2(OC1)O[C@H]1C[C@H]3[C@@H]4CC=C5C[C@@H](OC(=O)CCCC(=O)NO)CC[C@]5(C)[C@H]4CC[C@]3(C)[C@H]1[C@@H]2C. The van der Waals surface area contributed by atoms with Crippen LogP contribution in [0, 0.1) is 46.3 Å². The number of rotatable bonds is 5. The van der Waals surface area contributed by atoms with Gasteiger partial charge in [0.1, 0.15) is 6.10 Å². The number of carbonyl (C=O) groups is 2. The van der Waals surface area contributed by atoms with E-state index in [4.69, 9.17) is 19.4 Å². The molecule has 6 rings (SSSR count). The Bertz CT molecular complexity index is 1000. The summed E-state index contributed by atoms with van der Waals surface area (Å²) in [7, 11) is 0. The summed E-state index contributed by atoms with van der Waals surface area (Å²) in [6.07, 6.45) is 13.5. The molecule has 39 heavy (non-hydrogen) atoms. The standard InChI is InChI=1S/C32H49NO6/c1-19-10-15-32(37-18-19)20(2)29-26(39-32)17-25-23-9-8-21-16-22(38-28(35)7-5-6-27(34)33-36)11-13-30(21,3)24(23)12-14-31(25,29)4/h8,19-20,22-26,29,36H,5-7,9-18H2,1-4H3,(H,33,34)/t19-,20+,22+,23-,24+,25+,26+,29+,30+,31+,32-/m1/s1. The zero-order chi connectivity index (χ0) is 27.6. The van der Waals surface area contributed by atoms with Crippen molar-refractivity contribution in [1.29, 1.82) is 0 Å². The van der Waals surface area contributed by atoms with Gasteiger partial charge in [-0.2, -0.15) is 0 Å². The molecule has 5 fully saturated rings. The molecule has 0 aromatic heterocycles. The van der Waals surface area contributed by atoms with Crippen molar-refractivity contribution < 1.29 is 29.0 Å². The first-order valence-corrected chi connectivity index (χ1v) is 15.7. The molecule has 2 aliphatic heterocycles. The van der Waals surface area contributed by atoms with Gasteiger partial charge < -0.3 is 14.2 Å². The first-order chi connectivity index (χ1) is 18.6. The Hall–Kier alpha value is -1.44. The van der Waals surface area contributed by atoms with Gasteiger partial charge >= 0.3 is 5.97 Å². The van der Waals surface area contributed by atoms with Crippen LogP contribution in [0.5, 0.6) is 0 Å². The van der Waals surface area contributed by atoms with Crippen LogP contribution in [-0.4, -0.2) is 41.7 Å². The summed E-state index contributed by atoms with van der Waals surface area (Å²) in [4.78, 5) is 23.6. The molecule has 3 saturated carbocycles. The van der Waals surface area contributed by atoms with Crippen LogP contribution in [0.1, 0.15) is 105 Å². The van der Waals surface area contributed by atoms with Crippen molar-refractivity contribution >= 4 is 11.9 Å².